The Hall–Kier alpha value is -2.01. The van der Waals surface area contributed by atoms with Crippen LogP contribution in [0.4, 0.5) is 19.6 Å². The van der Waals surface area contributed by atoms with Gasteiger partial charge in [-0.3, -0.25) is 0 Å². The van der Waals surface area contributed by atoms with E-state index in [0.717, 1.165) is 15.9 Å². The first-order chi connectivity index (χ1) is 8.70. The first-order valence-corrected chi connectivity index (χ1v) is 6.11. The second-order valence-corrected chi connectivity index (χ2v) is 4.79. The van der Waals surface area contributed by atoms with Crippen molar-refractivity contribution in [1.82, 2.24) is 4.98 Å². The summed E-state index contributed by atoms with van der Waals surface area (Å²) < 4.78 is 26.6. The Kier molecular flexibility index (Phi) is 2.68. The highest BCUT2D eigenvalue weighted by Crippen LogP contribution is 2.28. The molecule has 3 aromatic rings. The number of hydrogen-bond acceptors (Lipinski definition) is 3. The van der Waals surface area contributed by atoms with Gasteiger partial charge in [0.25, 0.3) is 0 Å². The largest absolute Gasteiger partial charge is 0.332 e. The lowest BCUT2D eigenvalue weighted by Crippen LogP contribution is -1.88. The monoisotopic (exact) mass is 262 g/mol. The van der Waals surface area contributed by atoms with Crippen molar-refractivity contribution in [3.05, 3.63) is 54.1 Å². The summed E-state index contributed by atoms with van der Waals surface area (Å²) in [4.78, 5) is 4.32. The predicted octanol–water partition coefficient (Wildman–Crippen LogP) is 4.32. The number of nitrogens with zero attached hydrogens (tertiary/aromatic N) is 1. The fourth-order valence-electron chi connectivity index (χ4n) is 1.61. The van der Waals surface area contributed by atoms with Crippen molar-refractivity contribution in [3.63, 3.8) is 0 Å². The van der Waals surface area contributed by atoms with Crippen LogP contribution in [0.5, 0.6) is 0 Å². The number of aromatic nitrogens is 1. The first-order valence-electron chi connectivity index (χ1n) is 5.29. The minimum Gasteiger partial charge on any atom is -0.332 e. The standard InChI is InChI=1S/C13H8F2N2S/c14-8-1-4-10(5-2-8)16-13-17-11-6-3-9(15)7-12(11)18-13/h1-7H,(H,16,17). The van der Waals surface area contributed by atoms with Gasteiger partial charge in [-0.1, -0.05) is 11.3 Å². The van der Waals surface area contributed by atoms with E-state index in [1.54, 1.807) is 18.2 Å². The van der Waals surface area contributed by atoms with Gasteiger partial charge in [0.15, 0.2) is 5.13 Å². The van der Waals surface area contributed by atoms with E-state index in [1.165, 1.54) is 35.6 Å². The molecule has 3 rings (SSSR count). The quantitative estimate of drug-likeness (QED) is 0.744. The van der Waals surface area contributed by atoms with Crippen LogP contribution in [0.3, 0.4) is 0 Å². The zero-order chi connectivity index (χ0) is 12.5. The minimum atomic E-state index is -0.285. The number of halogens is 2. The zero-order valence-electron chi connectivity index (χ0n) is 9.15. The van der Waals surface area contributed by atoms with Crippen LogP contribution in [0, 0.1) is 11.6 Å². The summed E-state index contributed by atoms with van der Waals surface area (Å²) in [5, 5.41) is 3.71. The van der Waals surface area contributed by atoms with Crippen molar-refractivity contribution in [2.24, 2.45) is 0 Å². The van der Waals surface area contributed by atoms with Gasteiger partial charge < -0.3 is 5.32 Å². The number of hydrogen-bond donors (Lipinski definition) is 1. The van der Waals surface area contributed by atoms with Gasteiger partial charge in [-0.2, -0.15) is 0 Å². The second-order valence-electron chi connectivity index (χ2n) is 3.76. The van der Waals surface area contributed by atoms with Crippen molar-refractivity contribution >= 4 is 32.4 Å². The molecule has 0 atom stereocenters. The Morgan fingerprint density at radius 1 is 0.944 bits per heavy atom. The number of anilines is 2. The second kappa shape index (κ2) is 4.34. The summed E-state index contributed by atoms with van der Waals surface area (Å²) in [5.74, 6) is -0.564. The molecule has 2 aromatic carbocycles. The van der Waals surface area contributed by atoms with Crippen LogP contribution < -0.4 is 5.32 Å². The van der Waals surface area contributed by atoms with E-state index in [0.29, 0.717) is 5.13 Å². The third kappa shape index (κ3) is 2.17. The molecule has 2 nitrogen and oxygen atoms in total. The lowest BCUT2D eigenvalue weighted by atomic mass is 10.3. The summed E-state index contributed by atoms with van der Waals surface area (Å²) in [6, 6.07) is 10.5. The molecule has 0 saturated carbocycles. The van der Waals surface area contributed by atoms with Crippen LogP contribution >= 0.6 is 11.3 Å². The van der Waals surface area contributed by atoms with E-state index < -0.39 is 0 Å². The molecule has 1 N–H and O–H groups in total. The van der Waals surface area contributed by atoms with Crippen molar-refractivity contribution < 1.29 is 8.78 Å². The van der Waals surface area contributed by atoms with Gasteiger partial charge in [-0.15, -0.1) is 0 Å². The number of thiazole rings is 1. The van der Waals surface area contributed by atoms with Gasteiger partial charge >= 0.3 is 0 Å². The Balaban J connectivity index is 1.92. The van der Waals surface area contributed by atoms with Crippen LogP contribution in [0.1, 0.15) is 0 Å². The molecule has 90 valence electrons. The van der Waals surface area contributed by atoms with Gasteiger partial charge in [0.2, 0.25) is 0 Å². The highest BCUT2D eigenvalue weighted by Gasteiger charge is 2.05. The van der Waals surface area contributed by atoms with E-state index in [1.807, 2.05) is 0 Å². The Bertz CT molecular complexity index is 692. The molecule has 0 saturated heterocycles. The molecule has 1 heterocycles. The van der Waals surface area contributed by atoms with Crippen LogP contribution in [0.15, 0.2) is 42.5 Å². The van der Waals surface area contributed by atoms with Crippen LogP contribution in [-0.2, 0) is 0 Å². The zero-order valence-corrected chi connectivity index (χ0v) is 9.97. The third-order valence-corrected chi connectivity index (χ3v) is 3.38. The van der Waals surface area contributed by atoms with Crippen molar-refractivity contribution in [2.75, 3.05) is 5.32 Å². The highest BCUT2D eigenvalue weighted by atomic mass is 32.1. The summed E-state index contributed by atoms with van der Waals surface area (Å²) in [6.07, 6.45) is 0. The predicted molar refractivity (Wildman–Crippen MR) is 69.3 cm³/mol. The van der Waals surface area contributed by atoms with Crippen LogP contribution in [-0.4, -0.2) is 4.98 Å². The molecular formula is C13H8F2N2S. The van der Waals surface area contributed by atoms with Crippen molar-refractivity contribution in [3.8, 4) is 0 Å². The average molecular weight is 262 g/mol. The number of fused-ring (bicyclic) bond motifs is 1. The molecule has 0 spiro atoms. The Labute approximate surface area is 106 Å². The van der Waals surface area contributed by atoms with Gasteiger partial charge in [-0.25, -0.2) is 13.8 Å². The first kappa shape index (κ1) is 11.1. The molecule has 18 heavy (non-hydrogen) atoms. The molecule has 5 heteroatoms. The average Bonchev–Trinajstić information content (AvgIpc) is 2.73. The maximum Gasteiger partial charge on any atom is 0.188 e. The van der Waals surface area contributed by atoms with Gasteiger partial charge in [0, 0.05) is 5.69 Å². The molecule has 0 fully saturated rings. The molecule has 0 bridgehead atoms. The number of benzene rings is 2. The van der Waals surface area contributed by atoms with E-state index in [4.69, 9.17) is 0 Å². The number of nitrogens with one attached hydrogen (secondary N) is 1. The van der Waals surface area contributed by atoms with E-state index in [-0.39, 0.29) is 11.6 Å². The van der Waals surface area contributed by atoms with E-state index >= 15 is 0 Å². The molecule has 0 aliphatic heterocycles. The van der Waals surface area contributed by atoms with Gasteiger partial charge in [-0.05, 0) is 42.5 Å². The summed E-state index contributed by atoms with van der Waals surface area (Å²) in [7, 11) is 0. The Morgan fingerprint density at radius 3 is 2.44 bits per heavy atom. The maximum absolute atomic E-state index is 13.0. The fraction of sp³-hybridized carbons (Fsp3) is 0. The molecule has 0 aliphatic rings. The van der Waals surface area contributed by atoms with E-state index in [9.17, 15) is 8.78 Å². The van der Waals surface area contributed by atoms with Crippen molar-refractivity contribution in [2.45, 2.75) is 0 Å². The van der Waals surface area contributed by atoms with E-state index in [2.05, 4.69) is 10.3 Å². The summed E-state index contributed by atoms with van der Waals surface area (Å²) >= 11 is 1.35. The summed E-state index contributed by atoms with van der Waals surface area (Å²) in [5.41, 5.74) is 1.49. The third-order valence-electron chi connectivity index (χ3n) is 2.45. The summed E-state index contributed by atoms with van der Waals surface area (Å²) in [6.45, 7) is 0. The molecule has 0 unspecified atom stereocenters. The maximum atomic E-state index is 13.0. The molecule has 0 amide bonds. The SMILES string of the molecule is Fc1ccc(Nc2nc3ccc(F)cc3s2)cc1. The molecular weight excluding hydrogens is 254 g/mol. The van der Waals surface area contributed by atoms with Gasteiger partial charge in [0.05, 0.1) is 10.2 Å². The normalized spacial score (nSPS) is 10.8. The molecule has 0 aliphatic carbocycles. The lowest BCUT2D eigenvalue weighted by molar-refractivity contribution is 0.628. The lowest BCUT2D eigenvalue weighted by Gasteiger charge is -2.00. The molecule has 0 radical (unpaired) electrons. The molecule has 1 aromatic heterocycles. The minimum absolute atomic E-state index is 0.278. The Morgan fingerprint density at radius 2 is 1.67 bits per heavy atom. The fourth-order valence-corrected chi connectivity index (χ4v) is 2.52. The smallest absolute Gasteiger partial charge is 0.188 e. The van der Waals surface area contributed by atoms with Crippen LogP contribution in [0.25, 0.3) is 10.2 Å². The topological polar surface area (TPSA) is 24.9 Å². The van der Waals surface area contributed by atoms with Gasteiger partial charge in [0.1, 0.15) is 11.6 Å². The van der Waals surface area contributed by atoms with Crippen molar-refractivity contribution in [1.29, 1.82) is 0 Å². The van der Waals surface area contributed by atoms with Crippen LogP contribution in [0.2, 0.25) is 0 Å². The highest BCUT2D eigenvalue weighted by molar-refractivity contribution is 7.22. The number of rotatable bonds is 2.